The minimum Gasteiger partial charge on any atom is -0.497 e. The summed E-state index contributed by atoms with van der Waals surface area (Å²) in [5.41, 5.74) is 2.36. The van der Waals surface area contributed by atoms with Crippen molar-refractivity contribution in [3.63, 3.8) is 0 Å². The lowest BCUT2D eigenvalue weighted by Crippen LogP contribution is -2.12. The SMILES string of the molecule is COc1ccc(-n2c(C)nnc2S[C@H](C[N+](=O)[O-])c2ccccc2OCc2ccccc2Cl)cc1. The predicted octanol–water partition coefficient (Wildman–Crippen LogP) is 5.93. The van der Waals surface area contributed by atoms with Gasteiger partial charge < -0.3 is 9.47 Å². The fraction of sp³-hybridized carbons (Fsp3) is 0.200. The highest BCUT2D eigenvalue weighted by molar-refractivity contribution is 7.99. The van der Waals surface area contributed by atoms with Crippen LogP contribution >= 0.6 is 23.4 Å². The van der Waals surface area contributed by atoms with E-state index in [2.05, 4.69) is 10.2 Å². The second kappa shape index (κ2) is 11.2. The molecular formula is C25H23ClN4O4S. The average molecular weight is 511 g/mol. The fourth-order valence-electron chi connectivity index (χ4n) is 3.56. The Labute approximate surface area is 212 Å². The zero-order valence-electron chi connectivity index (χ0n) is 19.1. The molecule has 0 unspecified atom stereocenters. The van der Waals surface area contributed by atoms with Gasteiger partial charge in [-0.1, -0.05) is 59.8 Å². The van der Waals surface area contributed by atoms with Crippen LogP contribution in [0.5, 0.6) is 11.5 Å². The third kappa shape index (κ3) is 5.93. The van der Waals surface area contributed by atoms with E-state index in [0.717, 1.165) is 17.0 Å². The quantitative estimate of drug-likeness (QED) is 0.148. The third-order valence-electron chi connectivity index (χ3n) is 5.30. The number of aryl methyl sites for hydroxylation is 1. The molecule has 0 spiro atoms. The van der Waals surface area contributed by atoms with Gasteiger partial charge in [0, 0.05) is 26.8 Å². The van der Waals surface area contributed by atoms with Crippen LogP contribution in [-0.2, 0) is 6.61 Å². The molecule has 0 fully saturated rings. The molecule has 4 aromatic rings. The van der Waals surface area contributed by atoms with E-state index < -0.39 is 5.25 Å². The topological polar surface area (TPSA) is 92.3 Å². The van der Waals surface area contributed by atoms with Crippen molar-refractivity contribution in [3.05, 3.63) is 105 Å². The molecule has 0 bridgehead atoms. The Morgan fingerprint density at radius 3 is 2.49 bits per heavy atom. The molecule has 0 radical (unpaired) electrons. The number of hydrogen-bond donors (Lipinski definition) is 0. The van der Waals surface area contributed by atoms with E-state index in [0.29, 0.717) is 27.3 Å². The first-order chi connectivity index (χ1) is 17.0. The van der Waals surface area contributed by atoms with Crippen LogP contribution in [0.1, 0.15) is 22.2 Å². The van der Waals surface area contributed by atoms with E-state index in [1.165, 1.54) is 11.8 Å². The number of halogens is 1. The van der Waals surface area contributed by atoms with E-state index in [1.807, 2.05) is 72.2 Å². The van der Waals surface area contributed by atoms with Gasteiger partial charge in [-0.2, -0.15) is 0 Å². The lowest BCUT2D eigenvalue weighted by molar-refractivity contribution is -0.479. The van der Waals surface area contributed by atoms with E-state index in [9.17, 15) is 10.1 Å². The van der Waals surface area contributed by atoms with Crippen molar-refractivity contribution in [2.75, 3.05) is 13.7 Å². The number of nitro groups is 1. The molecule has 1 aromatic heterocycles. The molecule has 4 rings (SSSR count). The number of hydrogen-bond acceptors (Lipinski definition) is 7. The Balaban J connectivity index is 1.64. The van der Waals surface area contributed by atoms with Crippen LogP contribution < -0.4 is 9.47 Å². The molecule has 10 heteroatoms. The minimum absolute atomic E-state index is 0.244. The van der Waals surface area contributed by atoms with Crippen molar-refractivity contribution in [2.45, 2.75) is 23.9 Å². The summed E-state index contributed by atoms with van der Waals surface area (Å²) < 4.78 is 13.2. The number of methoxy groups -OCH3 is 1. The van der Waals surface area contributed by atoms with Crippen molar-refractivity contribution >= 4 is 23.4 Å². The number of ether oxygens (including phenoxy) is 2. The van der Waals surface area contributed by atoms with Crippen LogP contribution in [0.15, 0.2) is 78.0 Å². The Morgan fingerprint density at radius 1 is 1.06 bits per heavy atom. The fourth-order valence-corrected chi connectivity index (χ4v) is 4.95. The summed E-state index contributed by atoms with van der Waals surface area (Å²) in [4.78, 5) is 11.3. The predicted molar refractivity (Wildman–Crippen MR) is 135 cm³/mol. The molecule has 0 saturated heterocycles. The Hall–Kier alpha value is -3.56. The Morgan fingerprint density at radius 2 is 1.77 bits per heavy atom. The molecule has 0 aliphatic rings. The van der Waals surface area contributed by atoms with E-state index >= 15 is 0 Å². The zero-order valence-corrected chi connectivity index (χ0v) is 20.7. The molecular weight excluding hydrogens is 488 g/mol. The molecule has 0 aliphatic heterocycles. The van der Waals surface area contributed by atoms with Gasteiger partial charge in [0.2, 0.25) is 6.54 Å². The van der Waals surface area contributed by atoms with Gasteiger partial charge in [-0.3, -0.25) is 14.7 Å². The lowest BCUT2D eigenvalue weighted by Gasteiger charge is -2.18. The number of aromatic nitrogens is 3. The summed E-state index contributed by atoms with van der Waals surface area (Å²) in [5, 5.41) is 20.7. The summed E-state index contributed by atoms with van der Waals surface area (Å²) in [6.45, 7) is 1.77. The molecule has 180 valence electrons. The van der Waals surface area contributed by atoms with Crippen LogP contribution in [0, 0.1) is 17.0 Å². The zero-order chi connectivity index (χ0) is 24.8. The summed E-state index contributed by atoms with van der Waals surface area (Å²) in [6, 6.07) is 22.2. The largest absolute Gasteiger partial charge is 0.497 e. The monoisotopic (exact) mass is 510 g/mol. The van der Waals surface area contributed by atoms with E-state index in [-0.39, 0.29) is 18.1 Å². The van der Waals surface area contributed by atoms with Gasteiger partial charge in [-0.25, -0.2) is 0 Å². The minimum atomic E-state index is -0.562. The number of para-hydroxylation sites is 1. The van der Waals surface area contributed by atoms with Crippen molar-refractivity contribution in [1.82, 2.24) is 14.8 Å². The molecule has 0 aliphatic carbocycles. The molecule has 1 atom stereocenters. The molecule has 1 heterocycles. The third-order valence-corrected chi connectivity index (χ3v) is 6.83. The number of rotatable bonds is 10. The maximum atomic E-state index is 11.6. The molecule has 0 amide bonds. The highest BCUT2D eigenvalue weighted by Crippen LogP contribution is 2.40. The van der Waals surface area contributed by atoms with Crippen molar-refractivity contribution in [1.29, 1.82) is 0 Å². The van der Waals surface area contributed by atoms with Crippen molar-refractivity contribution in [2.24, 2.45) is 0 Å². The first-order valence-electron chi connectivity index (χ1n) is 10.8. The van der Waals surface area contributed by atoms with Gasteiger partial charge >= 0.3 is 0 Å². The van der Waals surface area contributed by atoms with Crippen LogP contribution in [0.3, 0.4) is 0 Å². The van der Waals surface area contributed by atoms with Crippen molar-refractivity contribution in [3.8, 4) is 17.2 Å². The standard InChI is InChI=1S/C25H23ClN4O4S/c1-17-27-28-25(30(17)19-11-13-20(33-2)14-12-19)35-24(15-29(31)32)21-8-4-6-10-23(21)34-16-18-7-3-5-9-22(18)26/h3-14,24H,15-16H2,1-2H3/t24-/m1/s1. The second-order valence-corrected chi connectivity index (χ2v) is 9.18. The molecule has 0 saturated carbocycles. The highest BCUT2D eigenvalue weighted by Gasteiger charge is 2.26. The van der Waals surface area contributed by atoms with Gasteiger partial charge in [0.15, 0.2) is 5.16 Å². The Bertz CT molecular complexity index is 1310. The maximum absolute atomic E-state index is 11.6. The summed E-state index contributed by atoms with van der Waals surface area (Å²) in [6.07, 6.45) is 0. The first-order valence-corrected chi connectivity index (χ1v) is 12.0. The average Bonchev–Trinajstić information content (AvgIpc) is 3.23. The first kappa shape index (κ1) is 24.6. The summed E-state index contributed by atoms with van der Waals surface area (Å²) in [5.74, 6) is 1.95. The number of thioether (sulfide) groups is 1. The van der Waals surface area contributed by atoms with Gasteiger partial charge in [0.25, 0.3) is 0 Å². The number of nitrogens with zero attached hydrogens (tertiary/aromatic N) is 4. The van der Waals surface area contributed by atoms with E-state index in [1.54, 1.807) is 19.2 Å². The summed E-state index contributed by atoms with van der Waals surface area (Å²) >= 11 is 7.54. The van der Waals surface area contributed by atoms with Gasteiger partial charge in [-0.05, 0) is 43.3 Å². The molecule has 3 aromatic carbocycles. The smallest absolute Gasteiger partial charge is 0.220 e. The van der Waals surface area contributed by atoms with Crippen LogP contribution in [-0.4, -0.2) is 33.3 Å². The molecule has 0 N–H and O–H groups in total. The molecule has 8 nitrogen and oxygen atoms in total. The molecule has 35 heavy (non-hydrogen) atoms. The van der Waals surface area contributed by atoms with E-state index in [4.69, 9.17) is 21.1 Å². The van der Waals surface area contributed by atoms with Gasteiger partial charge in [-0.15, -0.1) is 10.2 Å². The van der Waals surface area contributed by atoms with Crippen LogP contribution in [0.2, 0.25) is 5.02 Å². The lowest BCUT2D eigenvalue weighted by atomic mass is 10.1. The van der Waals surface area contributed by atoms with Crippen molar-refractivity contribution < 1.29 is 14.4 Å². The Kier molecular flexibility index (Phi) is 7.89. The maximum Gasteiger partial charge on any atom is 0.220 e. The van der Waals surface area contributed by atoms with Crippen LogP contribution in [0.25, 0.3) is 5.69 Å². The number of benzene rings is 3. The second-order valence-electron chi connectivity index (χ2n) is 7.60. The highest BCUT2D eigenvalue weighted by atomic mass is 35.5. The van der Waals surface area contributed by atoms with Gasteiger partial charge in [0.05, 0.1) is 7.11 Å². The van der Waals surface area contributed by atoms with Gasteiger partial charge in [0.1, 0.15) is 29.2 Å². The normalized spacial score (nSPS) is 11.7. The summed E-state index contributed by atoms with van der Waals surface area (Å²) in [7, 11) is 1.60. The van der Waals surface area contributed by atoms with Crippen LogP contribution in [0.4, 0.5) is 0 Å².